The summed E-state index contributed by atoms with van der Waals surface area (Å²) in [5.74, 6) is 3.26. The van der Waals surface area contributed by atoms with Crippen molar-refractivity contribution in [3.63, 3.8) is 0 Å². The summed E-state index contributed by atoms with van der Waals surface area (Å²) in [5, 5.41) is 9.40. The van der Waals surface area contributed by atoms with Crippen LogP contribution in [0.3, 0.4) is 0 Å². The Labute approximate surface area is 183 Å². The second-order valence-corrected chi connectivity index (χ2v) is 9.36. The minimum Gasteiger partial charge on any atom is -0.497 e. The van der Waals surface area contributed by atoms with Crippen LogP contribution in [0.4, 0.5) is 0 Å². The summed E-state index contributed by atoms with van der Waals surface area (Å²) >= 11 is 1.39. The summed E-state index contributed by atoms with van der Waals surface area (Å²) in [6, 6.07) is 7.75. The van der Waals surface area contributed by atoms with Gasteiger partial charge in [0.1, 0.15) is 11.9 Å². The van der Waals surface area contributed by atoms with Gasteiger partial charge in [-0.05, 0) is 61.8 Å². The molecule has 2 aromatic rings. The number of aromatic nitrogens is 3. The number of methoxy groups -OCH3 is 1. The van der Waals surface area contributed by atoms with Gasteiger partial charge in [-0.2, -0.15) is 0 Å². The molecule has 1 saturated carbocycles. The summed E-state index contributed by atoms with van der Waals surface area (Å²) in [4.78, 5) is 12.6. The second-order valence-electron chi connectivity index (χ2n) is 8.42. The van der Waals surface area contributed by atoms with Crippen LogP contribution in [-0.2, 0) is 16.1 Å². The normalized spacial score (nSPS) is 21.6. The number of thioether (sulfide) groups is 1. The van der Waals surface area contributed by atoms with Gasteiger partial charge in [0.15, 0.2) is 11.0 Å². The molecule has 0 amide bonds. The Bertz CT molecular complexity index is 835. The molecule has 3 rings (SSSR count). The standard InChI is InChI=1S/C23H33N3O3S/c1-6-26-22(17-8-10-18(28-5)11-9-17)24-25-23(26)30-14-21(27)29-20-13-16(4)7-12-19(20)15(2)3/h8-11,15-16,19-20H,6-7,12-14H2,1-5H3/t16-,19-,20+/m1/s1. The highest BCUT2D eigenvalue weighted by atomic mass is 32.2. The van der Waals surface area contributed by atoms with Crippen molar-refractivity contribution in [2.45, 2.75) is 64.8 Å². The van der Waals surface area contributed by atoms with Crippen LogP contribution in [0.5, 0.6) is 5.75 Å². The Morgan fingerprint density at radius 1 is 1.23 bits per heavy atom. The van der Waals surface area contributed by atoms with E-state index in [9.17, 15) is 4.79 Å². The van der Waals surface area contributed by atoms with E-state index in [0.29, 0.717) is 17.8 Å². The van der Waals surface area contributed by atoms with Gasteiger partial charge in [-0.25, -0.2) is 0 Å². The Balaban J connectivity index is 1.63. The fourth-order valence-electron chi connectivity index (χ4n) is 4.21. The molecule has 1 aliphatic rings. The van der Waals surface area contributed by atoms with Crippen LogP contribution < -0.4 is 4.74 Å². The number of benzene rings is 1. The van der Waals surface area contributed by atoms with Crippen LogP contribution >= 0.6 is 11.8 Å². The monoisotopic (exact) mass is 431 g/mol. The smallest absolute Gasteiger partial charge is 0.316 e. The lowest BCUT2D eigenvalue weighted by Gasteiger charge is -2.36. The maximum Gasteiger partial charge on any atom is 0.316 e. The molecule has 164 valence electrons. The van der Waals surface area contributed by atoms with Gasteiger partial charge in [-0.15, -0.1) is 10.2 Å². The zero-order valence-electron chi connectivity index (χ0n) is 18.6. The summed E-state index contributed by atoms with van der Waals surface area (Å²) in [6.07, 6.45) is 3.35. The van der Waals surface area contributed by atoms with Gasteiger partial charge < -0.3 is 14.0 Å². The third-order valence-corrected chi connectivity index (χ3v) is 6.88. The molecule has 1 aromatic carbocycles. The Morgan fingerprint density at radius 3 is 2.60 bits per heavy atom. The molecule has 0 N–H and O–H groups in total. The number of esters is 1. The zero-order chi connectivity index (χ0) is 21.7. The molecular formula is C23H33N3O3S. The molecule has 7 heteroatoms. The average molecular weight is 432 g/mol. The van der Waals surface area contributed by atoms with Gasteiger partial charge in [0.25, 0.3) is 0 Å². The Hall–Kier alpha value is -2.02. The van der Waals surface area contributed by atoms with E-state index < -0.39 is 0 Å². The number of rotatable bonds is 8. The van der Waals surface area contributed by atoms with Crippen molar-refractivity contribution < 1.29 is 14.3 Å². The first kappa shape index (κ1) is 22.7. The molecule has 3 atom stereocenters. The topological polar surface area (TPSA) is 66.2 Å². The molecule has 6 nitrogen and oxygen atoms in total. The lowest BCUT2D eigenvalue weighted by atomic mass is 9.75. The molecular weight excluding hydrogens is 398 g/mol. The van der Waals surface area contributed by atoms with Crippen molar-refractivity contribution in [2.24, 2.45) is 17.8 Å². The minimum absolute atomic E-state index is 0.0285. The molecule has 1 fully saturated rings. The van der Waals surface area contributed by atoms with Gasteiger partial charge in [0.05, 0.1) is 12.9 Å². The van der Waals surface area contributed by atoms with Crippen LogP contribution in [0.25, 0.3) is 11.4 Å². The highest BCUT2D eigenvalue weighted by molar-refractivity contribution is 7.99. The lowest BCUT2D eigenvalue weighted by Crippen LogP contribution is -2.36. The minimum atomic E-state index is -0.165. The number of nitrogens with zero attached hydrogens (tertiary/aromatic N) is 3. The number of hydrogen-bond donors (Lipinski definition) is 0. The van der Waals surface area contributed by atoms with Gasteiger partial charge in [-0.3, -0.25) is 4.79 Å². The molecule has 0 bridgehead atoms. The Kier molecular flexibility index (Phi) is 7.81. The predicted molar refractivity (Wildman–Crippen MR) is 120 cm³/mol. The molecule has 0 spiro atoms. The quantitative estimate of drug-likeness (QED) is 0.429. The van der Waals surface area contributed by atoms with Crippen molar-refractivity contribution in [2.75, 3.05) is 12.9 Å². The van der Waals surface area contributed by atoms with E-state index in [1.807, 2.05) is 28.8 Å². The zero-order valence-corrected chi connectivity index (χ0v) is 19.4. The SMILES string of the molecule is CCn1c(SCC(=O)O[C@H]2C[C@H](C)CC[C@@H]2C(C)C)nnc1-c1ccc(OC)cc1. The van der Waals surface area contributed by atoms with E-state index >= 15 is 0 Å². The summed E-state index contributed by atoms with van der Waals surface area (Å²) in [6.45, 7) is 9.47. The van der Waals surface area contributed by atoms with Crippen LogP contribution in [0, 0.1) is 17.8 Å². The van der Waals surface area contributed by atoms with Crippen LogP contribution in [0.1, 0.15) is 47.0 Å². The molecule has 30 heavy (non-hydrogen) atoms. The average Bonchev–Trinajstić information content (AvgIpc) is 3.15. The predicted octanol–water partition coefficient (Wildman–Crippen LogP) is 5.07. The summed E-state index contributed by atoms with van der Waals surface area (Å²) in [5.41, 5.74) is 0.968. The third kappa shape index (κ3) is 5.36. The highest BCUT2D eigenvalue weighted by Gasteiger charge is 2.33. The largest absolute Gasteiger partial charge is 0.497 e. The molecule has 0 aliphatic heterocycles. The van der Waals surface area contributed by atoms with E-state index in [4.69, 9.17) is 9.47 Å². The summed E-state index contributed by atoms with van der Waals surface area (Å²) < 4.78 is 13.2. The molecule has 0 radical (unpaired) electrons. The van der Waals surface area contributed by atoms with Crippen molar-refractivity contribution in [1.82, 2.24) is 14.8 Å². The molecule has 0 unspecified atom stereocenters. The third-order valence-electron chi connectivity index (χ3n) is 5.94. The van der Waals surface area contributed by atoms with Crippen molar-refractivity contribution in [3.05, 3.63) is 24.3 Å². The molecule has 1 aromatic heterocycles. The van der Waals surface area contributed by atoms with E-state index in [-0.39, 0.29) is 17.8 Å². The van der Waals surface area contributed by atoms with Crippen LogP contribution in [0.2, 0.25) is 0 Å². The highest BCUT2D eigenvalue weighted by Crippen LogP contribution is 2.35. The van der Waals surface area contributed by atoms with Crippen LogP contribution in [0.15, 0.2) is 29.4 Å². The second kappa shape index (κ2) is 10.3. The first-order chi connectivity index (χ1) is 14.4. The Morgan fingerprint density at radius 2 is 1.97 bits per heavy atom. The van der Waals surface area contributed by atoms with Crippen molar-refractivity contribution in [1.29, 1.82) is 0 Å². The number of ether oxygens (including phenoxy) is 2. The number of carbonyl (C=O) groups is 1. The van der Waals surface area contributed by atoms with Crippen molar-refractivity contribution >= 4 is 17.7 Å². The van der Waals surface area contributed by atoms with Gasteiger partial charge in [0.2, 0.25) is 0 Å². The molecule has 1 heterocycles. The van der Waals surface area contributed by atoms with E-state index in [1.54, 1.807) is 7.11 Å². The van der Waals surface area contributed by atoms with E-state index in [1.165, 1.54) is 18.2 Å². The maximum absolute atomic E-state index is 12.6. The van der Waals surface area contributed by atoms with E-state index in [0.717, 1.165) is 41.7 Å². The number of hydrogen-bond acceptors (Lipinski definition) is 6. The van der Waals surface area contributed by atoms with Gasteiger partial charge in [-0.1, -0.05) is 39.0 Å². The first-order valence-electron chi connectivity index (χ1n) is 10.8. The fraction of sp³-hybridized carbons (Fsp3) is 0.609. The lowest BCUT2D eigenvalue weighted by molar-refractivity contribution is -0.152. The number of carbonyl (C=O) groups excluding carboxylic acids is 1. The first-order valence-corrected chi connectivity index (χ1v) is 11.8. The van der Waals surface area contributed by atoms with E-state index in [2.05, 4.69) is 37.9 Å². The summed E-state index contributed by atoms with van der Waals surface area (Å²) in [7, 11) is 1.65. The molecule has 1 aliphatic carbocycles. The fourth-order valence-corrected chi connectivity index (χ4v) is 5.00. The maximum atomic E-state index is 12.6. The van der Waals surface area contributed by atoms with Crippen LogP contribution in [-0.4, -0.2) is 39.7 Å². The molecule has 0 saturated heterocycles. The van der Waals surface area contributed by atoms with Gasteiger partial charge >= 0.3 is 5.97 Å². The van der Waals surface area contributed by atoms with Crippen molar-refractivity contribution in [3.8, 4) is 17.1 Å². The van der Waals surface area contributed by atoms with Gasteiger partial charge in [0, 0.05) is 12.1 Å².